The lowest BCUT2D eigenvalue weighted by atomic mass is 9.80. The molecular weight excluding hydrogens is 821 g/mol. The summed E-state index contributed by atoms with van der Waals surface area (Å²) in [6, 6.07) is 0. The van der Waals surface area contributed by atoms with Crippen LogP contribution in [0.25, 0.3) is 0 Å². The number of nitrogens with zero attached hydrogens (tertiary/aromatic N) is 2. The second-order valence-corrected chi connectivity index (χ2v) is 18.0. The van der Waals surface area contributed by atoms with Crippen molar-refractivity contribution in [2.75, 3.05) is 39.5 Å². The van der Waals surface area contributed by atoms with E-state index in [1.807, 2.05) is 6.08 Å². The number of rotatable bonds is 17. The number of β-amino-alcohol motifs (C(OH)–C–C–N with tert-alkyl or cyclic N) is 1. The number of aliphatic hydroxyl groups excluding tert-OH is 4. The molecule has 0 aromatic rings. The van der Waals surface area contributed by atoms with Gasteiger partial charge in [0.25, 0.3) is 0 Å². The van der Waals surface area contributed by atoms with E-state index in [-0.39, 0.29) is 67.2 Å². The van der Waals surface area contributed by atoms with E-state index in [2.05, 4.69) is 10.3 Å². The molecule has 0 aromatic carbocycles. The first kappa shape index (κ1) is 48.6. The molecule has 352 valence electrons. The van der Waals surface area contributed by atoms with E-state index in [0.717, 1.165) is 82.6 Å². The zero-order valence-electron chi connectivity index (χ0n) is 36.5. The van der Waals surface area contributed by atoms with Crippen molar-refractivity contribution in [2.45, 2.75) is 146 Å². The number of aliphatic hydroxyl groups is 6. The molecule has 0 aromatic heterocycles. The minimum absolute atomic E-state index is 0.0758. The Morgan fingerprint density at radius 2 is 1.81 bits per heavy atom. The Balaban J connectivity index is 1.44. The normalized spacial score (nSPS) is 31.0. The molecule has 3 aliphatic heterocycles. The van der Waals surface area contributed by atoms with Gasteiger partial charge in [-0.25, -0.2) is 9.59 Å². The number of carboxylic acids is 1. The van der Waals surface area contributed by atoms with Crippen molar-refractivity contribution in [1.82, 2.24) is 10.2 Å². The summed E-state index contributed by atoms with van der Waals surface area (Å²) in [6.07, 6.45) is 11.2. The van der Waals surface area contributed by atoms with Crippen molar-refractivity contribution in [2.24, 2.45) is 28.0 Å². The molecule has 1 spiro atoms. The molecule has 4 fully saturated rings. The zero-order chi connectivity index (χ0) is 45.3. The Bertz CT molecular complexity index is 1780. The molecule has 10 N–H and O–H groups in total. The number of guanidine groups is 1. The maximum absolute atomic E-state index is 14.5. The summed E-state index contributed by atoms with van der Waals surface area (Å²) < 4.78 is 30.9. The number of aliphatic carboxylic acids is 1. The lowest BCUT2D eigenvalue weighted by Gasteiger charge is -2.48. The van der Waals surface area contributed by atoms with Crippen LogP contribution in [0.1, 0.15) is 97.3 Å². The van der Waals surface area contributed by atoms with E-state index in [1.165, 1.54) is 12.5 Å². The van der Waals surface area contributed by atoms with Crippen LogP contribution >= 0.6 is 0 Å². The maximum atomic E-state index is 14.5. The summed E-state index contributed by atoms with van der Waals surface area (Å²) in [7, 11) is 0. The number of hydrogen-bond acceptors (Lipinski definition) is 15. The van der Waals surface area contributed by atoms with Gasteiger partial charge in [-0.2, -0.15) is 0 Å². The van der Waals surface area contributed by atoms with Gasteiger partial charge >= 0.3 is 11.9 Å². The van der Waals surface area contributed by atoms with E-state index in [0.29, 0.717) is 12.0 Å². The minimum Gasteiger partial charge on any atom is -0.478 e. The summed E-state index contributed by atoms with van der Waals surface area (Å²) in [4.78, 5) is 33.1. The van der Waals surface area contributed by atoms with E-state index >= 15 is 0 Å². The number of ether oxygens (including phenoxy) is 5. The fourth-order valence-corrected chi connectivity index (χ4v) is 9.84. The number of allylic oxidation sites excluding steroid dienone is 2. The summed E-state index contributed by atoms with van der Waals surface area (Å²) in [6.45, 7) is 2.62. The zero-order valence-corrected chi connectivity index (χ0v) is 36.5. The van der Waals surface area contributed by atoms with Crippen LogP contribution in [0.2, 0.25) is 0 Å². The van der Waals surface area contributed by atoms with E-state index in [1.54, 1.807) is 30.9 Å². The number of nitrogens with two attached hydrogens (primary N) is 1. The third-order valence-corrected chi connectivity index (χ3v) is 13.1. The highest BCUT2D eigenvalue weighted by Gasteiger charge is 2.58. The van der Waals surface area contributed by atoms with Crippen molar-refractivity contribution >= 4 is 17.9 Å². The average Bonchev–Trinajstić information content (AvgIpc) is 3.89. The topological polar surface area (TPSA) is 276 Å². The molecule has 1 saturated heterocycles. The van der Waals surface area contributed by atoms with Gasteiger partial charge in [0, 0.05) is 38.4 Å². The van der Waals surface area contributed by atoms with Gasteiger partial charge < -0.3 is 75.4 Å². The number of carboxylic acid groups (broad SMARTS) is 1. The van der Waals surface area contributed by atoms with Crippen LogP contribution in [0, 0.1) is 17.3 Å². The van der Waals surface area contributed by atoms with Gasteiger partial charge in [0.1, 0.15) is 18.3 Å². The molecule has 0 bridgehead atoms. The molecule has 0 amide bonds. The first-order chi connectivity index (χ1) is 30.2. The lowest BCUT2D eigenvalue weighted by Crippen LogP contribution is -2.69. The Kier molecular flexibility index (Phi) is 16.9. The van der Waals surface area contributed by atoms with Gasteiger partial charge in [0.2, 0.25) is 12.1 Å². The van der Waals surface area contributed by atoms with Gasteiger partial charge in [-0.05, 0) is 89.0 Å². The molecule has 18 nitrogen and oxygen atoms in total. The van der Waals surface area contributed by atoms with Crippen LogP contribution in [-0.4, -0.2) is 147 Å². The van der Waals surface area contributed by atoms with Crippen LogP contribution in [0.15, 0.2) is 63.7 Å². The van der Waals surface area contributed by atoms with Crippen molar-refractivity contribution in [3.05, 3.63) is 58.7 Å². The van der Waals surface area contributed by atoms with E-state index in [9.17, 15) is 45.3 Å². The summed E-state index contributed by atoms with van der Waals surface area (Å²) in [5, 5.41) is 75.8. The van der Waals surface area contributed by atoms with Crippen molar-refractivity contribution in [3.8, 4) is 0 Å². The number of hydrogen-bond donors (Lipinski definition) is 9. The number of aliphatic imine (C=N–C) groups is 1. The second kappa shape index (κ2) is 21.9. The number of nitrogens with one attached hydrogen (secondary N) is 1. The number of esters is 1. The summed E-state index contributed by atoms with van der Waals surface area (Å²) in [5.74, 6) is -6.48. The molecular formula is C45H68N4O14. The first-order valence-corrected chi connectivity index (χ1v) is 22.5. The Morgan fingerprint density at radius 3 is 2.48 bits per heavy atom. The Labute approximate surface area is 368 Å². The lowest BCUT2D eigenvalue weighted by molar-refractivity contribution is -0.413. The quantitative estimate of drug-likeness (QED) is 0.0252. The molecule has 6 rings (SSSR count). The number of carbonyl (C=O) groups is 2. The molecule has 6 aliphatic rings. The van der Waals surface area contributed by atoms with E-state index in [4.69, 9.17) is 29.4 Å². The molecule has 8 atom stereocenters. The molecule has 18 heteroatoms. The van der Waals surface area contributed by atoms with Crippen LogP contribution < -0.4 is 11.1 Å². The minimum atomic E-state index is -2.91. The highest BCUT2D eigenvalue weighted by atomic mass is 16.8. The third kappa shape index (κ3) is 11.9. The monoisotopic (exact) mass is 888 g/mol. The van der Waals surface area contributed by atoms with E-state index < -0.39 is 73.2 Å². The van der Waals surface area contributed by atoms with Gasteiger partial charge in [-0.3, -0.25) is 4.99 Å². The SMILES string of the molecule is CC(C)O[C@H]1[C@H](O[C@@H]2OC=C(C(=O)O[C@@H]3CCC4(CCCC4)C3)[C@@H](/C=C/C3=C(NC(N)=NCCCO)C(C(=O)O)=CN(CCO)C3)[C@H]2C=C2CCCCC2)O[C@H](CO)[C@@H](O)C1(O)O. The smallest absolute Gasteiger partial charge is 0.339 e. The Morgan fingerprint density at radius 1 is 1.06 bits per heavy atom. The van der Waals surface area contributed by atoms with Crippen molar-refractivity contribution < 1.29 is 69.0 Å². The summed E-state index contributed by atoms with van der Waals surface area (Å²) >= 11 is 0. The largest absolute Gasteiger partial charge is 0.478 e. The van der Waals surface area contributed by atoms with Crippen LogP contribution in [0.5, 0.6) is 0 Å². The second-order valence-electron chi connectivity index (χ2n) is 18.0. The Hall–Kier alpha value is -3.85. The molecule has 3 saturated carbocycles. The number of carbonyl (C=O) groups excluding carboxylic acids is 1. The molecule has 0 unspecified atom stereocenters. The van der Waals surface area contributed by atoms with Crippen LogP contribution in [-0.2, 0) is 33.3 Å². The molecule has 0 radical (unpaired) electrons. The highest BCUT2D eigenvalue weighted by Crippen LogP contribution is 2.51. The fraction of sp³-hybridized carbons (Fsp3) is 0.711. The molecule has 3 heterocycles. The highest BCUT2D eigenvalue weighted by molar-refractivity contribution is 5.95. The average molecular weight is 889 g/mol. The standard InChI is InChI=1S/C45H68N4O14/c1-27(2)60-38-42(62-35(25-52)37(53)45(38,57)58)63-41-32(21-28-9-4-3-5-10-28)31(34(26-59-41)40(56)61-30-13-16-44(22-30)14-6-7-15-44)12-11-29-23-49(18-20-51)24-33(39(54)55)36(29)48-43(46)47-17-8-19-50/h11-12,21,24,26-27,30-32,35,37-38,41-42,50-53,57-58H,3-10,13-20,22-23,25H2,1-2H3,(H,54,55)(H3,46,47,48)/b12-11+/t30-,31+,32-,35-,37-,38+,41+,42+/m1/s1. The third-order valence-electron chi connectivity index (χ3n) is 13.1. The van der Waals surface area contributed by atoms with Crippen LogP contribution in [0.4, 0.5) is 0 Å². The van der Waals surface area contributed by atoms with Crippen molar-refractivity contribution in [1.29, 1.82) is 0 Å². The summed E-state index contributed by atoms with van der Waals surface area (Å²) in [5.41, 5.74) is 8.10. The van der Waals surface area contributed by atoms with Crippen molar-refractivity contribution in [3.63, 3.8) is 0 Å². The predicted molar refractivity (Wildman–Crippen MR) is 228 cm³/mol. The van der Waals surface area contributed by atoms with Gasteiger partial charge in [0.15, 0.2) is 18.4 Å². The maximum Gasteiger partial charge on any atom is 0.339 e. The van der Waals surface area contributed by atoms with Gasteiger partial charge in [0.05, 0.1) is 48.3 Å². The first-order valence-electron chi connectivity index (χ1n) is 22.5. The fourth-order valence-electron chi connectivity index (χ4n) is 9.84. The van der Waals surface area contributed by atoms with Gasteiger partial charge in [-0.1, -0.05) is 43.1 Å². The van der Waals surface area contributed by atoms with Crippen LogP contribution in [0.3, 0.4) is 0 Å². The molecule has 3 aliphatic carbocycles. The predicted octanol–water partition coefficient (Wildman–Crippen LogP) is 1.95. The van der Waals surface area contributed by atoms with Gasteiger partial charge in [-0.15, -0.1) is 0 Å². The molecule has 63 heavy (non-hydrogen) atoms.